The molecule has 1 atom stereocenters. The molecule has 1 heterocycles. The van der Waals surface area contributed by atoms with Gasteiger partial charge in [0, 0.05) is 17.7 Å². The summed E-state index contributed by atoms with van der Waals surface area (Å²) in [5.41, 5.74) is 1.75. The normalized spacial score (nSPS) is 15.7. The van der Waals surface area contributed by atoms with Gasteiger partial charge in [-0.05, 0) is 73.7 Å². The second kappa shape index (κ2) is 9.81. The first-order valence-corrected chi connectivity index (χ1v) is 9.09. The van der Waals surface area contributed by atoms with Crippen LogP contribution in [0.4, 0.5) is 14.5 Å². The molecule has 0 radical (unpaired) electrons. The van der Waals surface area contributed by atoms with Crippen molar-refractivity contribution in [3.05, 3.63) is 54.1 Å². The Morgan fingerprint density at radius 3 is 2.41 bits per heavy atom. The molecule has 1 unspecified atom stereocenters. The number of carbonyl (C=O) groups excluding carboxylic acids is 1. The fourth-order valence-electron chi connectivity index (χ4n) is 3.57. The van der Waals surface area contributed by atoms with Gasteiger partial charge in [0.15, 0.2) is 0 Å². The number of piperidine rings is 1. The highest BCUT2D eigenvalue weighted by Gasteiger charge is 2.22. The van der Waals surface area contributed by atoms with Gasteiger partial charge >= 0.3 is 0 Å². The lowest BCUT2D eigenvalue weighted by Crippen LogP contribution is -2.32. The summed E-state index contributed by atoms with van der Waals surface area (Å²) in [6.45, 7) is 4.12. The predicted octanol–water partition coefficient (Wildman–Crippen LogP) is 5.02. The van der Waals surface area contributed by atoms with Crippen molar-refractivity contribution < 1.29 is 13.6 Å². The van der Waals surface area contributed by atoms with E-state index in [-0.39, 0.29) is 24.1 Å². The van der Waals surface area contributed by atoms with Gasteiger partial charge in [0.05, 0.1) is 0 Å². The summed E-state index contributed by atoms with van der Waals surface area (Å²) in [4.78, 5) is 12.5. The minimum Gasteiger partial charge on any atom is -0.326 e. The molecule has 6 heteroatoms. The Labute approximate surface area is 165 Å². The van der Waals surface area contributed by atoms with E-state index in [2.05, 4.69) is 17.6 Å². The van der Waals surface area contributed by atoms with E-state index >= 15 is 0 Å². The zero-order chi connectivity index (χ0) is 18.5. The van der Waals surface area contributed by atoms with Crippen LogP contribution in [0.15, 0.2) is 42.5 Å². The average molecular weight is 395 g/mol. The molecule has 1 fully saturated rings. The summed E-state index contributed by atoms with van der Waals surface area (Å²) < 4.78 is 26.9. The molecule has 3 rings (SSSR count). The highest BCUT2D eigenvalue weighted by atomic mass is 35.5. The zero-order valence-electron chi connectivity index (χ0n) is 15.3. The van der Waals surface area contributed by atoms with Crippen LogP contribution in [-0.2, 0) is 4.79 Å². The number of carbonyl (C=O) groups is 1. The van der Waals surface area contributed by atoms with E-state index in [0.29, 0.717) is 35.1 Å². The molecule has 0 saturated carbocycles. The molecule has 0 aliphatic carbocycles. The van der Waals surface area contributed by atoms with Crippen LogP contribution in [0, 0.1) is 23.5 Å². The lowest BCUT2D eigenvalue weighted by atomic mass is 9.84. The van der Waals surface area contributed by atoms with Crippen LogP contribution in [0.2, 0.25) is 0 Å². The number of amides is 1. The number of halogens is 3. The molecule has 3 nitrogen and oxygen atoms in total. The number of rotatable bonds is 5. The molecule has 0 spiro atoms. The second-order valence-electron chi connectivity index (χ2n) is 7.01. The minimum absolute atomic E-state index is 0. The Morgan fingerprint density at radius 1 is 1.11 bits per heavy atom. The Bertz CT molecular complexity index is 761. The van der Waals surface area contributed by atoms with Crippen LogP contribution >= 0.6 is 12.4 Å². The number of benzene rings is 2. The van der Waals surface area contributed by atoms with Crippen molar-refractivity contribution in [2.75, 3.05) is 18.4 Å². The van der Waals surface area contributed by atoms with Crippen LogP contribution < -0.4 is 10.6 Å². The number of nitrogens with one attached hydrogen (secondary N) is 2. The molecule has 2 aromatic rings. The average Bonchev–Trinajstić information content (AvgIpc) is 2.64. The Balaban J connectivity index is 0.00000261. The quantitative estimate of drug-likeness (QED) is 0.747. The number of hydrogen-bond acceptors (Lipinski definition) is 2. The highest BCUT2D eigenvalue weighted by molar-refractivity contribution is 5.95. The Morgan fingerprint density at radius 2 is 1.74 bits per heavy atom. The number of anilines is 1. The van der Waals surface area contributed by atoms with E-state index in [0.717, 1.165) is 25.9 Å². The molecule has 2 aromatic carbocycles. The summed E-state index contributed by atoms with van der Waals surface area (Å²) in [5, 5.41) is 6.24. The predicted molar refractivity (Wildman–Crippen MR) is 107 cm³/mol. The van der Waals surface area contributed by atoms with Gasteiger partial charge in [0.2, 0.25) is 5.91 Å². The minimum atomic E-state index is -0.398. The maximum Gasteiger partial charge on any atom is 0.224 e. The van der Waals surface area contributed by atoms with Gasteiger partial charge in [0.25, 0.3) is 0 Å². The molecule has 146 valence electrons. The maximum atomic E-state index is 13.7. The molecule has 0 bridgehead atoms. The van der Waals surface area contributed by atoms with Crippen molar-refractivity contribution in [3.8, 4) is 11.1 Å². The van der Waals surface area contributed by atoms with Crippen molar-refractivity contribution in [3.63, 3.8) is 0 Å². The van der Waals surface area contributed by atoms with Crippen molar-refractivity contribution in [2.24, 2.45) is 11.8 Å². The van der Waals surface area contributed by atoms with Crippen LogP contribution in [0.1, 0.15) is 26.2 Å². The van der Waals surface area contributed by atoms with E-state index in [1.54, 1.807) is 18.2 Å². The van der Waals surface area contributed by atoms with Crippen molar-refractivity contribution >= 4 is 24.0 Å². The van der Waals surface area contributed by atoms with Gasteiger partial charge in [0.1, 0.15) is 11.6 Å². The topological polar surface area (TPSA) is 41.1 Å². The lowest BCUT2D eigenvalue weighted by molar-refractivity contribution is -0.117. The monoisotopic (exact) mass is 394 g/mol. The largest absolute Gasteiger partial charge is 0.326 e. The third kappa shape index (κ3) is 5.75. The van der Waals surface area contributed by atoms with Crippen molar-refractivity contribution in [2.45, 2.75) is 26.2 Å². The van der Waals surface area contributed by atoms with Crippen LogP contribution in [-0.4, -0.2) is 19.0 Å². The van der Waals surface area contributed by atoms with E-state index in [4.69, 9.17) is 0 Å². The molecule has 1 saturated heterocycles. The summed E-state index contributed by atoms with van der Waals surface area (Å²) in [6.07, 6.45) is 2.61. The molecular weight excluding hydrogens is 370 g/mol. The van der Waals surface area contributed by atoms with Gasteiger partial charge in [-0.2, -0.15) is 0 Å². The Hall–Kier alpha value is -1.98. The van der Waals surface area contributed by atoms with Gasteiger partial charge < -0.3 is 10.6 Å². The fourth-order valence-corrected chi connectivity index (χ4v) is 3.57. The first-order valence-electron chi connectivity index (χ1n) is 9.09. The van der Waals surface area contributed by atoms with Crippen LogP contribution in [0.5, 0.6) is 0 Å². The first kappa shape index (κ1) is 21.3. The summed E-state index contributed by atoms with van der Waals surface area (Å²) >= 11 is 0. The molecule has 2 N–H and O–H groups in total. The van der Waals surface area contributed by atoms with Gasteiger partial charge in [-0.1, -0.05) is 19.1 Å². The molecule has 1 aliphatic rings. The Kier molecular flexibility index (Phi) is 7.75. The highest BCUT2D eigenvalue weighted by Crippen LogP contribution is 2.30. The molecule has 1 amide bonds. The van der Waals surface area contributed by atoms with E-state index in [1.165, 1.54) is 24.3 Å². The summed E-state index contributed by atoms with van der Waals surface area (Å²) in [7, 11) is 0. The third-order valence-corrected chi connectivity index (χ3v) is 5.11. The van der Waals surface area contributed by atoms with Crippen molar-refractivity contribution in [1.29, 1.82) is 0 Å². The standard InChI is InChI=1S/C21H24F2N2O.ClH/c1-14(15-8-10-24-11-9-15)12-21(26)25-20-7-6-18(23)13-19(20)16-2-4-17(22)5-3-16;/h2-7,13-15,24H,8-12H2,1H3,(H,25,26);1H. The van der Waals surface area contributed by atoms with Gasteiger partial charge in [-0.3, -0.25) is 4.79 Å². The first-order chi connectivity index (χ1) is 12.5. The van der Waals surface area contributed by atoms with Crippen LogP contribution in [0.25, 0.3) is 11.1 Å². The lowest BCUT2D eigenvalue weighted by Gasteiger charge is -2.28. The molecule has 0 aromatic heterocycles. The zero-order valence-corrected chi connectivity index (χ0v) is 16.1. The maximum absolute atomic E-state index is 13.7. The second-order valence-corrected chi connectivity index (χ2v) is 7.01. The third-order valence-electron chi connectivity index (χ3n) is 5.11. The smallest absolute Gasteiger partial charge is 0.224 e. The SMILES string of the molecule is CC(CC(=O)Nc1ccc(F)cc1-c1ccc(F)cc1)C1CCNCC1.Cl. The van der Waals surface area contributed by atoms with Crippen molar-refractivity contribution in [1.82, 2.24) is 5.32 Å². The van der Waals surface area contributed by atoms with Gasteiger partial charge in [-0.15, -0.1) is 12.4 Å². The van der Waals surface area contributed by atoms with E-state index in [1.807, 2.05) is 0 Å². The summed E-state index contributed by atoms with van der Waals surface area (Å²) in [6, 6.07) is 10.0. The molecule has 27 heavy (non-hydrogen) atoms. The summed E-state index contributed by atoms with van der Waals surface area (Å²) in [5.74, 6) is 0.0153. The molecular formula is C21H25ClF2N2O. The number of hydrogen-bond donors (Lipinski definition) is 2. The fraction of sp³-hybridized carbons (Fsp3) is 0.381. The van der Waals surface area contributed by atoms with Gasteiger partial charge in [-0.25, -0.2) is 8.78 Å². The van der Waals surface area contributed by atoms with E-state index in [9.17, 15) is 13.6 Å². The van der Waals surface area contributed by atoms with Crippen LogP contribution in [0.3, 0.4) is 0 Å². The van der Waals surface area contributed by atoms with E-state index < -0.39 is 5.82 Å². The molecule has 1 aliphatic heterocycles.